The number of nitrogens with two attached hydrogens (primary N) is 1. The van der Waals surface area contributed by atoms with Crippen molar-refractivity contribution in [2.45, 2.75) is 25.4 Å². The summed E-state index contributed by atoms with van der Waals surface area (Å²) in [5.74, 6) is -0.0985. The summed E-state index contributed by atoms with van der Waals surface area (Å²) in [5.41, 5.74) is 9.59. The fourth-order valence-corrected chi connectivity index (χ4v) is 5.06. The monoisotopic (exact) mass is 484 g/mol. The van der Waals surface area contributed by atoms with E-state index in [-0.39, 0.29) is 18.0 Å². The van der Waals surface area contributed by atoms with Gasteiger partial charge in [0.1, 0.15) is 11.3 Å². The van der Waals surface area contributed by atoms with Gasteiger partial charge in [-0.3, -0.25) is 9.20 Å². The van der Waals surface area contributed by atoms with E-state index < -0.39 is 0 Å². The molecular formula is C23H22Cl2N6O2. The lowest BCUT2D eigenvalue weighted by molar-refractivity contribution is 0.0661. The molecule has 2 N–H and O–H groups in total. The van der Waals surface area contributed by atoms with Gasteiger partial charge in [-0.05, 0) is 36.6 Å². The average Bonchev–Trinajstić information content (AvgIpc) is 3.43. The van der Waals surface area contributed by atoms with Gasteiger partial charge in [0.15, 0.2) is 0 Å². The largest absolute Gasteiger partial charge is 0.343 e. The van der Waals surface area contributed by atoms with Gasteiger partial charge in [-0.15, -0.1) is 0 Å². The first-order valence-corrected chi connectivity index (χ1v) is 11.5. The molecule has 4 heterocycles. The number of halogens is 2. The number of hydrogen-bond acceptors (Lipinski definition) is 4. The van der Waals surface area contributed by atoms with Crippen molar-refractivity contribution in [3.63, 3.8) is 0 Å². The molecule has 0 atom stereocenters. The number of pyridine rings is 1. The third-order valence-electron chi connectivity index (χ3n) is 6.31. The first-order chi connectivity index (χ1) is 16.0. The third-order valence-corrected chi connectivity index (χ3v) is 6.86. The van der Waals surface area contributed by atoms with Crippen LogP contribution >= 0.6 is 23.2 Å². The first kappa shape index (κ1) is 21.9. The molecule has 2 aromatic heterocycles. The number of nitrogens with zero attached hydrogens (tertiary/aromatic N) is 5. The van der Waals surface area contributed by atoms with E-state index in [9.17, 15) is 9.59 Å². The van der Waals surface area contributed by atoms with Gasteiger partial charge in [-0.25, -0.2) is 14.8 Å². The molecule has 2 aliphatic heterocycles. The highest BCUT2D eigenvalue weighted by Gasteiger charge is 2.32. The Bertz CT molecular complexity index is 1280. The molecule has 2 aliphatic rings. The predicted molar refractivity (Wildman–Crippen MR) is 128 cm³/mol. The molecule has 170 valence electrons. The molecule has 33 heavy (non-hydrogen) atoms. The molecular weight excluding hydrogens is 463 g/mol. The molecule has 8 nitrogen and oxygen atoms in total. The number of piperidine rings is 1. The SMILES string of the molecule is NCc1cc2ncc(C(=O)N3CCC(N4CC=NC4=O)CC3)n2cc1-c1ccc(Cl)cc1Cl. The Morgan fingerprint density at radius 1 is 1.15 bits per heavy atom. The molecule has 1 fully saturated rings. The Labute approximate surface area is 200 Å². The van der Waals surface area contributed by atoms with Crippen LogP contribution in [0, 0.1) is 0 Å². The summed E-state index contributed by atoms with van der Waals surface area (Å²) in [6.07, 6.45) is 6.54. The zero-order valence-electron chi connectivity index (χ0n) is 17.7. The van der Waals surface area contributed by atoms with Gasteiger partial charge < -0.3 is 15.5 Å². The average molecular weight is 485 g/mol. The number of urea groups is 1. The van der Waals surface area contributed by atoms with E-state index >= 15 is 0 Å². The normalized spacial score (nSPS) is 16.9. The molecule has 0 aliphatic carbocycles. The quantitative estimate of drug-likeness (QED) is 0.607. The number of likely N-dealkylation sites (tertiary alicyclic amines) is 1. The lowest BCUT2D eigenvalue weighted by Gasteiger charge is -2.35. The molecule has 0 bridgehead atoms. The minimum Gasteiger partial charge on any atom is -0.337 e. The molecule has 0 saturated carbocycles. The van der Waals surface area contributed by atoms with Crippen LogP contribution in [0.3, 0.4) is 0 Å². The van der Waals surface area contributed by atoms with Gasteiger partial charge in [0.2, 0.25) is 0 Å². The van der Waals surface area contributed by atoms with E-state index in [1.165, 1.54) is 0 Å². The number of fused-ring (bicyclic) bond motifs is 1. The summed E-state index contributed by atoms with van der Waals surface area (Å²) in [7, 11) is 0. The Kier molecular flexibility index (Phi) is 5.82. The lowest BCUT2D eigenvalue weighted by atomic mass is 10.0. The Hall–Kier alpha value is -2.94. The van der Waals surface area contributed by atoms with Crippen LogP contribution in [0.1, 0.15) is 28.9 Å². The first-order valence-electron chi connectivity index (χ1n) is 10.7. The maximum Gasteiger partial charge on any atom is 0.343 e. The predicted octanol–water partition coefficient (Wildman–Crippen LogP) is 3.88. The number of benzene rings is 1. The van der Waals surface area contributed by atoms with Crippen molar-refractivity contribution in [1.82, 2.24) is 19.2 Å². The molecule has 5 rings (SSSR count). The van der Waals surface area contributed by atoms with Crippen molar-refractivity contribution in [1.29, 1.82) is 0 Å². The van der Waals surface area contributed by atoms with Crippen molar-refractivity contribution in [3.05, 3.63) is 58.0 Å². The minimum absolute atomic E-state index is 0.0985. The maximum atomic E-state index is 13.4. The highest BCUT2D eigenvalue weighted by molar-refractivity contribution is 6.36. The van der Waals surface area contributed by atoms with Crippen molar-refractivity contribution in [3.8, 4) is 11.1 Å². The van der Waals surface area contributed by atoms with Crippen LogP contribution < -0.4 is 5.73 Å². The van der Waals surface area contributed by atoms with Crippen molar-refractivity contribution < 1.29 is 9.59 Å². The summed E-state index contributed by atoms with van der Waals surface area (Å²) in [6.45, 7) is 1.98. The zero-order valence-corrected chi connectivity index (χ0v) is 19.3. The van der Waals surface area contributed by atoms with E-state index in [2.05, 4.69) is 9.98 Å². The van der Waals surface area contributed by atoms with E-state index in [1.54, 1.807) is 33.8 Å². The molecule has 10 heteroatoms. The molecule has 1 saturated heterocycles. The summed E-state index contributed by atoms with van der Waals surface area (Å²) >= 11 is 12.5. The van der Waals surface area contributed by atoms with Gasteiger partial charge in [0, 0.05) is 59.3 Å². The summed E-state index contributed by atoms with van der Waals surface area (Å²) in [6, 6.07) is 7.10. The molecule has 0 spiro atoms. The molecule has 0 radical (unpaired) electrons. The number of carbonyl (C=O) groups is 2. The lowest BCUT2D eigenvalue weighted by Crippen LogP contribution is -2.47. The number of amides is 3. The van der Waals surface area contributed by atoms with Crippen LogP contribution in [0.25, 0.3) is 16.8 Å². The molecule has 0 unspecified atom stereocenters. The second kappa shape index (κ2) is 8.78. The van der Waals surface area contributed by atoms with Gasteiger partial charge in [-0.2, -0.15) is 0 Å². The second-order valence-electron chi connectivity index (χ2n) is 8.18. The third kappa shape index (κ3) is 3.99. The van der Waals surface area contributed by atoms with Crippen molar-refractivity contribution in [2.75, 3.05) is 19.6 Å². The number of rotatable bonds is 4. The maximum absolute atomic E-state index is 13.4. The van der Waals surface area contributed by atoms with Gasteiger partial charge in [0.05, 0.1) is 12.7 Å². The van der Waals surface area contributed by atoms with Crippen LogP contribution in [0.15, 0.2) is 41.7 Å². The van der Waals surface area contributed by atoms with Crippen LogP contribution in [0.4, 0.5) is 4.79 Å². The minimum atomic E-state index is -0.189. The van der Waals surface area contributed by atoms with Crippen LogP contribution in [0.2, 0.25) is 10.0 Å². The van der Waals surface area contributed by atoms with E-state index in [1.807, 2.05) is 23.2 Å². The summed E-state index contributed by atoms with van der Waals surface area (Å²) in [5, 5.41) is 1.05. The number of aromatic nitrogens is 2. The molecule has 1 aromatic carbocycles. The van der Waals surface area contributed by atoms with E-state index in [0.29, 0.717) is 47.6 Å². The van der Waals surface area contributed by atoms with Gasteiger partial charge in [-0.1, -0.05) is 29.3 Å². The highest BCUT2D eigenvalue weighted by atomic mass is 35.5. The van der Waals surface area contributed by atoms with Crippen molar-refractivity contribution >= 4 is 47.0 Å². The summed E-state index contributed by atoms with van der Waals surface area (Å²) in [4.78, 5) is 37.1. The topological polar surface area (TPSA) is 96.3 Å². The van der Waals surface area contributed by atoms with Crippen LogP contribution in [-0.4, -0.2) is 63.0 Å². The Balaban J connectivity index is 1.43. The fourth-order valence-electron chi connectivity index (χ4n) is 4.55. The fraction of sp³-hybridized carbons (Fsp3) is 0.304. The zero-order chi connectivity index (χ0) is 23.1. The smallest absolute Gasteiger partial charge is 0.337 e. The molecule has 3 aromatic rings. The number of imidazole rings is 1. The Morgan fingerprint density at radius 3 is 2.61 bits per heavy atom. The van der Waals surface area contributed by atoms with Crippen LogP contribution in [-0.2, 0) is 6.54 Å². The highest BCUT2D eigenvalue weighted by Crippen LogP contribution is 2.33. The van der Waals surface area contributed by atoms with Crippen molar-refractivity contribution in [2.24, 2.45) is 10.7 Å². The molecule has 3 amide bonds. The summed E-state index contributed by atoms with van der Waals surface area (Å²) < 4.78 is 1.78. The Morgan fingerprint density at radius 2 is 1.94 bits per heavy atom. The van der Waals surface area contributed by atoms with E-state index in [0.717, 1.165) is 29.5 Å². The number of hydrogen-bond donors (Lipinski definition) is 1. The van der Waals surface area contributed by atoms with Gasteiger partial charge in [0.25, 0.3) is 5.91 Å². The number of carbonyl (C=O) groups excluding carboxylic acids is 2. The van der Waals surface area contributed by atoms with Gasteiger partial charge >= 0.3 is 6.03 Å². The standard InChI is InChI=1S/C23H22Cl2N6O2/c24-15-1-2-17(19(25)10-15)18-13-31-20(12-28-21(31)9-14(18)11-26)22(32)29-6-3-16(4-7-29)30-8-5-27-23(30)33/h1-2,5,9-10,12-13,16H,3-4,6-8,11,26H2. The second-order valence-corrected chi connectivity index (χ2v) is 9.03. The number of aliphatic imine (C=N–C) groups is 1. The van der Waals surface area contributed by atoms with E-state index in [4.69, 9.17) is 28.9 Å². The van der Waals surface area contributed by atoms with Crippen LogP contribution in [0.5, 0.6) is 0 Å².